The molecule has 0 aliphatic carbocycles. The van der Waals surface area contributed by atoms with Gasteiger partial charge in [0.25, 0.3) is 0 Å². The zero-order valence-corrected chi connectivity index (χ0v) is 6.88. The molecule has 0 bridgehead atoms. The molecule has 0 saturated heterocycles. The Hall–Kier alpha value is 0.625. The van der Waals surface area contributed by atoms with Gasteiger partial charge in [0.1, 0.15) is 0 Å². The van der Waals surface area contributed by atoms with Crippen LogP contribution >= 0.6 is 0 Å². The quantitative estimate of drug-likeness (QED) is 0.277. The van der Waals surface area contributed by atoms with Crippen LogP contribution in [0.25, 0.3) is 0 Å². The number of nitrogens with zero attached hydrogens (tertiary/aromatic N) is 1. The summed E-state index contributed by atoms with van der Waals surface area (Å²) in [6.07, 6.45) is 0.750. The molecule has 5 heteroatoms. The van der Waals surface area contributed by atoms with Crippen molar-refractivity contribution in [2.75, 3.05) is 21.2 Å². The van der Waals surface area contributed by atoms with E-state index in [0.29, 0.717) is 0 Å². The molecule has 1 amide bonds. The topological polar surface area (TPSA) is 40.5 Å². The molecule has 1 N–H and O–H groups in total. The van der Waals surface area contributed by atoms with Crippen LogP contribution in [0.4, 0.5) is 0 Å². The molecule has 0 aromatic carbocycles. The molecular formula is C4H13Li2NO2. The first-order valence-corrected chi connectivity index (χ1v) is 1.84. The first-order chi connectivity index (χ1) is 3.27. The Bertz CT molecular complexity index is 51.1. The van der Waals surface area contributed by atoms with Gasteiger partial charge in [0, 0.05) is 21.2 Å². The summed E-state index contributed by atoms with van der Waals surface area (Å²) in [5.41, 5.74) is 0. The molecule has 0 radical (unpaired) electrons. The fourth-order valence-corrected chi connectivity index (χ4v) is 0. The summed E-state index contributed by atoms with van der Waals surface area (Å²) in [5.74, 6) is 0. The van der Waals surface area contributed by atoms with E-state index < -0.39 is 0 Å². The molecule has 0 aliphatic rings. The Labute approximate surface area is 83.1 Å². The summed E-state index contributed by atoms with van der Waals surface area (Å²) in [5, 5.41) is 7.00. The van der Waals surface area contributed by atoms with Gasteiger partial charge in [-0.05, 0) is 0 Å². The molecule has 0 heterocycles. The fourth-order valence-electron chi connectivity index (χ4n) is 0. The minimum Gasteiger partial charge on any atom is -1.00 e. The third-order valence-corrected chi connectivity index (χ3v) is 0.211. The number of aliphatic hydroxyl groups is 1. The van der Waals surface area contributed by atoms with Gasteiger partial charge in [0.15, 0.2) is 0 Å². The molecule has 0 aromatic heterocycles. The van der Waals surface area contributed by atoms with Crippen LogP contribution in [0.3, 0.4) is 0 Å². The number of hydrogen-bond acceptors (Lipinski definition) is 2. The summed E-state index contributed by atoms with van der Waals surface area (Å²) >= 11 is 0. The molecule has 0 unspecified atom stereocenters. The van der Waals surface area contributed by atoms with E-state index in [0.717, 1.165) is 13.5 Å². The molecule has 0 saturated carbocycles. The number of aliphatic hydroxyl groups excluding tert-OH is 1. The summed E-state index contributed by atoms with van der Waals surface area (Å²) in [7, 11) is 4.38. The van der Waals surface area contributed by atoms with Gasteiger partial charge in [0.05, 0.1) is 0 Å². The van der Waals surface area contributed by atoms with Gasteiger partial charge >= 0.3 is 37.7 Å². The van der Waals surface area contributed by atoms with E-state index >= 15 is 0 Å². The average molecular weight is 121 g/mol. The normalized spacial score (nSPS) is 4.44. The van der Waals surface area contributed by atoms with Crippen molar-refractivity contribution < 1.29 is 50.5 Å². The Morgan fingerprint density at radius 1 is 1.33 bits per heavy atom. The summed E-state index contributed by atoms with van der Waals surface area (Å²) in [4.78, 5) is 10.9. The van der Waals surface area contributed by atoms with Crippen molar-refractivity contribution in [3.8, 4) is 0 Å². The molecule has 0 rings (SSSR count). The van der Waals surface area contributed by atoms with Gasteiger partial charge in [-0.15, -0.1) is 0 Å². The van der Waals surface area contributed by atoms with Crippen molar-refractivity contribution in [2.24, 2.45) is 0 Å². The monoisotopic (exact) mass is 121 g/mol. The number of rotatable bonds is 1. The van der Waals surface area contributed by atoms with Crippen molar-refractivity contribution in [3.63, 3.8) is 0 Å². The Balaban J connectivity index is -0.00000000972. The molecule has 9 heavy (non-hydrogen) atoms. The predicted octanol–water partition coefficient (Wildman–Crippen LogP) is -6.45. The van der Waals surface area contributed by atoms with Crippen LogP contribution in [-0.2, 0) is 4.79 Å². The van der Waals surface area contributed by atoms with Gasteiger partial charge in [0.2, 0.25) is 6.41 Å². The van der Waals surface area contributed by atoms with Gasteiger partial charge < -0.3 is 12.9 Å². The van der Waals surface area contributed by atoms with Crippen molar-refractivity contribution in [1.29, 1.82) is 0 Å². The van der Waals surface area contributed by atoms with Crippen molar-refractivity contribution >= 4 is 6.41 Å². The van der Waals surface area contributed by atoms with Crippen LogP contribution in [0, 0.1) is 0 Å². The SMILES string of the molecule is CN(C)C=O.CO.[H-].[H-].[Li+].[Li+]. The minimum absolute atomic E-state index is 0. The second kappa shape index (κ2) is 23.4. The van der Waals surface area contributed by atoms with Crippen molar-refractivity contribution in [2.45, 2.75) is 0 Å². The molecule has 0 spiro atoms. The van der Waals surface area contributed by atoms with Crippen LogP contribution in [0.2, 0.25) is 0 Å². The molecule has 0 fully saturated rings. The fraction of sp³-hybridized carbons (Fsp3) is 0.750. The van der Waals surface area contributed by atoms with Crippen LogP contribution in [-0.4, -0.2) is 37.6 Å². The standard InChI is InChI=1S/C3H7NO.CH4O.2Li.2H/c1-4(2)3-5;1-2;;;;/h3H,1-2H3;2H,1H3;;;;/q;;2*+1;2*-1. The molecule has 0 aromatic rings. The molecule has 0 atom stereocenters. The second-order valence-electron chi connectivity index (χ2n) is 1.07. The predicted molar refractivity (Wildman–Crippen MR) is 30.1 cm³/mol. The zero-order chi connectivity index (χ0) is 6.28. The molecule has 3 nitrogen and oxygen atoms in total. The minimum atomic E-state index is 0. The van der Waals surface area contributed by atoms with Crippen LogP contribution in [0.1, 0.15) is 2.85 Å². The first-order valence-electron chi connectivity index (χ1n) is 1.84. The van der Waals surface area contributed by atoms with E-state index in [-0.39, 0.29) is 40.6 Å². The van der Waals surface area contributed by atoms with E-state index in [1.165, 1.54) is 4.90 Å². The first kappa shape index (κ1) is 22.6. The molecule has 48 valence electrons. The number of amides is 1. The zero-order valence-electron chi connectivity index (χ0n) is 8.88. The molecular weight excluding hydrogens is 108 g/mol. The Morgan fingerprint density at radius 3 is 1.44 bits per heavy atom. The van der Waals surface area contributed by atoms with Crippen LogP contribution in [0.5, 0.6) is 0 Å². The Morgan fingerprint density at radius 2 is 1.44 bits per heavy atom. The van der Waals surface area contributed by atoms with Crippen LogP contribution < -0.4 is 37.7 Å². The second-order valence-corrected chi connectivity index (χ2v) is 1.07. The van der Waals surface area contributed by atoms with E-state index in [1.807, 2.05) is 0 Å². The summed E-state index contributed by atoms with van der Waals surface area (Å²) in [6.45, 7) is 0. The molecule has 0 aliphatic heterocycles. The summed E-state index contributed by atoms with van der Waals surface area (Å²) < 4.78 is 0. The summed E-state index contributed by atoms with van der Waals surface area (Å²) in [6, 6.07) is 0. The third kappa shape index (κ3) is 54.9. The average Bonchev–Trinajstić information content (AvgIpc) is 1.73. The number of hydrogen-bond donors (Lipinski definition) is 1. The maximum absolute atomic E-state index is 9.43. The van der Waals surface area contributed by atoms with Crippen LogP contribution in [0.15, 0.2) is 0 Å². The number of carbonyl (C=O) groups excluding carboxylic acids is 1. The van der Waals surface area contributed by atoms with Gasteiger partial charge in [-0.1, -0.05) is 0 Å². The maximum atomic E-state index is 9.43. The van der Waals surface area contributed by atoms with Crippen molar-refractivity contribution in [1.82, 2.24) is 4.90 Å². The smallest absolute Gasteiger partial charge is 1.00 e. The third-order valence-electron chi connectivity index (χ3n) is 0.211. The van der Waals surface area contributed by atoms with Crippen molar-refractivity contribution in [3.05, 3.63) is 0 Å². The van der Waals surface area contributed by atoms with Gasteiger partial charge in [-0.3, -0.25) is 4.79 Å². The van der Waals surface area contributed by atoms with E-state index in [9.17, 15) is 4.79 Å². The maximum Gasteiger partial charge on any atom is 1.00 e. The number of carbonyl (C=O) groups is 1. The van der Waals surface area contributed by atoms with E-state index in [4.69, 9.17) is 5.11 Å². The Kier molecular flexibility index (Phi) is 58.9. The van der Waals surface area contributed by atoms with Gasteiger partial charge in [-0.25, -0.2) is 0 Å². The van der Waals surface area contributed by atoms with E-state index in [1.54, 1.807) is 14.1 Å². The van der Waals surface area contributed by atoms with Gasteiger partial charge in [-0.2, -0.15) is 0 Å². The largest absolute Gasteiger partial charge is 1.00 e. The van der Waals surface area contributed by atoms with E-state index in [2.05, 4.69) is 0 Å².